The van der Waals surface area contributed by atoms with E-state index >= 15 is 0 Å². The monoisotopic (exact) mass is 579 g/mol. The molecule has 1 fully saturated rings. The Balaban J connectivity index is 1.62. The number of nitrogens with one attached hydrogen (secondary N) is 3. The van der Waals surface area contributed by atoms with Crippen LogP contribution in [0.25, 0.3) is 10.9 Å². The minimum absolute atomic E-state index is 0.00958. The first-order chi connectivity index (χ1) is 20.0. The van der Waals surface area contributed by atoms with Gasteiger partial charge in [0.1, 0.15) is 23.9 Å². The number of carbonyl (C=O) groups is 5. The Hall–Kier alpha value is -4.91. The van der Waals surface area contributed by atoms with Crippen molar-refractivity contribution < 1.29 is 39.3 Å². The second kappa shape index (κ2) is 13.2. The average Bonchev–Trinajstić information content (AvgIpc) is 3.60. The van der Waals surface area contributed by atoms with Crippen molar-refractivity contribution in [1.29, 1.82) is 0 Å². The number of carboxylic acids is 2. The summed E-state index contributed by atoms with van der Waals surface area (Å²) in [6.07, 6.45) is 1.78. The zero-order valence-electron chi connectivity index (χ0n) is 22.7. The number of hydrogen-bond donors (Lipinski definition) is 7. The van der Waals surface area contributed by atoms with Gasteiger partial charge in [-0.1, -0.05) is 30.3 Å². The first kappa shape index (κ1) is 30.1. The van der Waals surface area contributed by atoms with Crippen LogP contribution in [0.15, 0.2) is 54.7 Å². The van der Waals surface area contributed by atoms with Crippen molar-refractivity contribution in [1.82, 2.24) is 20.5 Å². The molecule has 13 nitrogen and oxygen atoms in total. The number of phenols is 1. The Morgan fingerprint density at radius 2 is 1.64 bits per heavy atom. The van der Waals surface area contributed by atoms with E-state index in [1.807, 2.05) is 24.3 Å². The predicted molar refractivity (Wildman–Crippen MR) is 150 cm³/mol. The van der Waals surface area contributed by atoms with Crippen molar-refractivity contribution in [2.24, 2.45) is 5.73 Å². The van der Waals surface area contributed by atoms with Crippen LogP contribution >= 0.6 is 0 Å². The molecule has 2 aromatic carbocycles. The highest BCUT2D eigenvalue weighted by Gasteiger charge is 2.38. The van der Waals surface area contributed by atoms with Gasteiger partial charge in [0.15, 0.2) is 0 Å². The van der Waals surface area contributed by atoms with Crippen LogP contribution in [0.4, 0.5) is 0 Å². The molecule has 0 bridgehead atoms. The van der Waals surface area contributed by atoms with Gasteiger partial charge >= 0.3 is 11.9 Å². The van der Waals surface area contributed by atoms with Crippen LogP contribution in [-0.2, 0) is 36.8 Å². The molecule has 2 heterocycles. The number of carboxylic acid groups (broad SMARTS) is 2. The smallest absolute Gasteiger partial charge is 0.326 e. The summed E-state index contributed by atoms with van der Waals surface area (Å²) in [5, 5.41) is 34.4. The number of aromatic nitrogens is 1. The van der Waals surface area contributed by atoms with Gasteiger partial charge in [0.25, 0.3) is 0 Å². The number of nitrogens with two attached hydrogens (primary N) is 1. The van der Waals surface area contributed by atoms with Crippen molar-refractivity contribution in [3.05, 3.63) is 65.9 Å². The lowest BCUT2D eigenvalue weighted by atomic mass is 10.0. The molecule has 0 radical (unpaired) electrons. The van der Waals surface area contributed by atoms with E-state index in [0.717, 1.165) is 10.9 Å². The third-order valence-corrected chi connectivity index (χ3v) is 7.27. The zero-order valence-corrected chi connectivity index (χ0v) is 22.7. The number of amides is 3. The lowest BCUT2D eigenvalue weighted by Gasteiger charge is -2.29. The van der Waals surface area contributed by atoms with Gasteiger partial charge in [-0.15, -0.1) is 0 Å². The summed E-state index contributed by atoms with van der Waals surface area (Å²) in [5.74, 6) is -4.61. The van der Waals surface area contributed by atoms with E-state index < -0.39 is 60.2 Å². The number of hydrogen-bond acceptors (Lipinski definition) is 7. The number of aromatic amines is 1. The van der Waals surface area contributed by atoms with Gasteiger partial charge in [0.05, 0.1) is 12.5 Å². The number of phenolic OH excluding ortho intramolecular Hbond substituents is 1. The van der Waals surface area contributed by atoms with E-state index in [1.165, 1.54) is 17.0 Å². The third kappa shape index (κ3) is 7.23. The van der Waals surface area contributed by atoms with Crippen LogP contribution in [0.1, 0.15) is 30.4 Å². The van der Waals surface area contributed by atoms with Gasteiger partial charge in [0, 0.05) is 36.5 Å². The van der Waals surface area contributed by atoms with E-state index in [1.54, 1.807) is 18.3 Å². The predicted octanol–water partition coefficient (Wildman–Crippen LogP) is 0.506. The number of nitrogens with zero attached hydrogens (tertiary/aromatic N) is 1. The normalized spacial score (nSPS) is 16.9. The van der Waals surface area contributed by atoms with Gasteiger partial charge in [0.2, 0.25) is 17.7 Å². The highest BCUT2D eigenvalue weighted by molar-refractivity contribution is 5.95. The molecule has 222 valence electrons. The summed E-state index contributed by atoms with van der Waals surface area (Å²) in [7, 11) is 0. The molecule has 4 atom stereocenters. The minimum Gasteiger partial charge on any atom is -0.508 e. The molecular formula is C29H33N5O8. The summed E-state index contributed by atoms with van der Waals surface area (Å²) in [4.78, 5) is 67.4. The molecule has 3 aromatic rings. The van der Waals surface area contributed by atoms with Gasteiger partial charge in [-0.3, -0.25) is 19.2 Å². The van der Waals surface area contributed by atoms with Gasteiger partial charge in [-0.05, 0) is 42.2 Å². The van der Waals surface area contributed by atoms with E-state index in [2.05, 4.69) is 15.6 Å². The molecule has 1 aromatic heterocycles. The van der Waals surface area contributed by atoms with Crippen LogP contribution < -0.4 is 16.4 Å². The molecule has 1 aliphatic rings. The maximum absolute atomic E-state index is 13.8. The molecule has 0 saturated carbocycles. The van der Waals surface area contributed by atoms with E-state index in [0.29, 0.717) is 17.5 Å². The van der Waals surface area contributed by atoms with Crippen molar-refractivity contribution in [3.63, 3.8) is 0 Å². The van der Waals surface area contributed by atoms with Crippen molar-refractivity contribution in [3.8, 4) is 5.75 Å². The standard InChI is InChI=1S/C29H33N5O8/c30-20(14-25(36)37)26(38)32-22(13-17-15-31-21-5-2-1-4-19(17)21)27(39)33-23(12-16-7-9-18(35)10-8-16)28(40)34-11-3-6-24(34)29(41)42/h1-2,4-5,7-10,15,20,22-24,31,35H,3,6,11-14,30H2,(H,32,38)(H,33,39)(H,36,37)(H,41,42). The highest BCUT2D eigenvalue weighted by atomic mass is 16.4. The molecule has 13 heteroatoms. The Morgan fingerprint density at radius 1 is 0.952 bits per heavy atom. The Morgan fingerprint density at radius 3 is 2.33 bits per heavy atom. The molecule has 1 aliphatic heterocycles. The number of rotatable bonds is 12. The molecule has 8 N–H and O–H groups in total. The van der Waals surface area contributed by atoms with E-state index in [4.69, 9.17) is 10.8 Å². The topological polar surface area (TPSA) is 215 Å². The van der Waals surface area contributed by atoms with Gasteiger partial charge < -0.3 is 41.6 Å². The number of benzene rings is 2. The summed E-state index contributed by atoms with van der Waals surface area (Å²) in [6, 6.07) is 8.45. The summed E-state index contributed by atoms with van der Waals surface area (Å²) in [5.41, 5.74) is 7.83. The molecule has 0 spiro atoms. The first-order valence-corrected chi connectivity index (χ1v) is 13.5. The van der Waals surface area contributed by atoms with E-state index in [9.17, 15) is 34.2 Å². The van der Waals surface area contributed by atoms with Crippen LogP contribution in [0.3, 0.4) is 0 Å². The quantitative estimate of drug-likeness (QED) is 0.159. The number of para-hydroxylation sites is 1. The first-order valence-electron chi connectivity index (χ1n) is 13.5. The Kier molecular flexibility index (Phi) is 9.42. The van der Waals surface area contributed by atoms with Gasteiger partial charge in [-0.25, -0.2) is 4.79 Å². The fourth-order valence-electron chi connectivity index (χ4n) is 5.12. The number of likely N-dealkylation sites (tertiary alicyclic amines) is 1. The van der Waals surface area contributed by atoms with Crippen LogP contribution in [0.5, 0.6) is 5.75 Å². The summed E-state index contributed by atoms with van der Waals surface area (Å²) in [6.45, 7) is 0.206. The maximum Gasteiger partial charge on any atom is 0.326 e. The highest BCUT2D eigenvalue weighted by Crippen LogP contribution is 2.22. The molecular weight excluding hydrogens is 546 g/mol. The Bertz CT molecular complexity index is 1470. The number of H-pyrrole nitrogens is 1. The fourth-order valence-corrected chi connectivity index (χ4v) is 5.12. The lowest BCUT2D eigenvalue weighted by Crippen LogP contribution is -2.58. The minimum atomic E-state index is -1.42. The fraction of sp³-hybridized carbons (Fsp3) is 0.345. The molecule has 4 rings (SSSR count). The van der Waals surface area contributed by atoms with Crippen molar-refractivity contribution in [2.75, 3.05) is 6.54 Å². The maximum atomic E-state index is 13.8. The van der Waals surface area contributed by atoms with Crippen LogP contribution in [0, 0.1) is 0 Å². The van der Waals surface area contributed by atoms with Crippen LogP contribution in [-0.4, -0.2) is 85.6 Å². The summed E-state index contributed by atoms with van der Waals surface area (Å²) < 4.78 is 0. The molecule has 3 amide bonds. The SMILES string of the molecule is NC(CC(=O)O)C(=O)NC(Cc1c[nH]c2ccccc12)C(=O)NC(Cc1ccc(O)cc1)C(=O)N1CCCC1C(=O)O. The molecule has 42 heavy (non-hydrogen) atoms. The average molecular weight is 580 g/mol. The second-order valence-electron chi connectivity index (χ2n) is 10.3. The van der Waals surface area contributed by atoms with Gasteiger partial charge in [-0.2, -0.15) is 0 Å². The zero-order chi connectivity index (χ0) is 30.4. The third-order valence-electron chi connectivity index (χ3n) is 7.27. The van der Waals surface area contributed by atoms with Crippen molar-refractivity contribution in [2.45, 2.75) is 56.3 Å². The molecule has 0 aliphatic carbocycles. The number of carbonyl (C=O) groups excluding carboxylic acids is 3. The lowest BCUT2D eigenvalue weighted by molar-refractivity contribution is -0.149. The summed E-state index contributed by atoms with van der Waals surface area (Å²) >= 11 is 0. The second-order valence-corrected chi connectivity index (χ2v) is 10.3. The number of aliphatic carboxylic acids is 2. The molecule has 1 saturated heterocycles. The van der Waals surface area contributed by atoms with E-state index in [-0.39, 0.29) is 31.6 Å². The van der Waals surface area contributed by atoms with Crippen LogP contribution in [0.2, 0.25) is 0 Å². The number of fused-ring (bicyclic) bond motifs is 1. The largest absolute Gasteiger partial charge is 0.508 e. The van der Waals surface area contributed by atoms with Crippen molar-refractivity contribution >= 4 is 40.6 Å². The number of aromatic hydroxyl groups is 1. The molecule has 4 unspecified atom stereocenters. The Labute approximate surface area is 240 Å².